The second kappa shape index (κ2) is 18.7. The summed E-state index contributed by atoms with van der Waals surface area (Å²) in [4.78, 5) is 73.6. The molecule has 2 N–H and O–H groups in total. The molecule has 0 radical (unpaired) electrons. The number of piperidine rings is 1. The number of benzene rings is 1. The van der Waals surface area contributed by atoms with Crippen LogP contribution in [0.25, 0.3) is 0 Å². The lowest BCUT2D eigenvalue weighted by Crippen LogP contribution is -2.54. The van der Waals surface area contributed by atoms with Gasteiger partial charge in [0.25, 0.3) is 17.7 Å². The molecule has 0 bridgehead atoms. The Morgan fingerprint density at radius 1 is 0.864 bits per heavy atom. The van der Waals surface area contributed by atoms with Crippen LogP contribution in [0.3, 0.4) is 0 Å². The van der Waals surface area contributed by atoms with Crippen molar-refractivity contribution in [2.45, 2.75) is 38.6 Å². The van der Waals surface area contributed by atoms with Crippen LogP contribution in [0.15, 0.2) is 18.2 Å². The van der Waals surface area contributed by atoms with Gasteiger partial charge < -0.3 is 33.7 Å². The van der Waals surface area contributed by atoms with Crippen molar-refractivity contribution in [2.24, 2.45) is 0 Å². The lowest BCUT2D eigenvalue weighted by atomic mass is 10.0. The zero-order valence-corrected chi connectivity index (χ0v) is 24.8. The molecular formula is C29H39N3O12. The van der Waals surface area contributed by atoms with Crippen LogP contribution in [0, 0.1) is 0 Å². The second-order valence-electron chi connectivity index (χ2n) is 9.76. The molecule has 1 unspecified atom stereocenters. The molecule has 15 nitrogen and oxygen atoms in total. The van der Waals surface area contributed by atoms with E-state index in [4.69, 9.17) is 28.4 Å². The summed E-state index contributed by atoms with van der Waals surface area (Å²) in [6, 6.07) is 3.15. The van der Waals surface area contributed by atoms with Crippen LogP contribution in [0.1, 0.15) is 53.3 Å². The van der Waals surface area contributed by atoms with Crippen LogP contribution < -0.4 is 15.4 Å². The van der Waals surface area contributed by atoms with Gasteiger partial charge in [-0.1, -0.05) is 13.3 Å². The zero-order chi connectivity index (χ0) is 31.7. The van der Waals surface area contributed by atoms with Gasteiger partial charge >= 0.3 is 5.97 Å². The minimum atomic E-state index is -1.06. The number of ether oxygens (including phenoxy) is 6. The molecule has 1 aromatic carbocycles. The quantitative estimate of drug-likeness (QED) is 0.106. The van der Waals surface area contributed by atoms with E-state index >= 15 is 0 Å². The normalized spacial score (nSPS) is 16.1. The molecule has 1 aromatic rings. The predicted molar refractivity (Wildman–Crippen MR) is 151 cm³/mol. The number of unbranched alkanes of at least 4 members (excludes halogenated alkanes) is 1. The van der Waals surface area contributed by atoms with Gasteiger partial charge in [0.2, 0.25) is 11.8 Å². The number of rotatable bonds is 21. The van der Waals surface area contributed by atoms with E-state index in [1.54, 1.807) is 0 Å². The molecule has 1 fully saturated rings. The van der Waals surface area contributed by atoms with Gasteiger partial charge in [0, 0.05) is 13.0 Å². The van der Waals surface area contributed by atoms with Crippen molar-refractivity contribution < 1.29 is 57.2 Å². The SMILES string of the molecule is CCCCOC(=O)COCCOCCOCCOCCNC(=O)COc1ccc2c(c1)C(=O)N(C1CCC(=O)NC1=O)C2=O. The number of nitrogens with zero attached hydrogens (tertiary/aromatic N) is 1. The number of nitrogens with one attached hydrogen (secondary N) is 2. The third-order valence-corrected chi connectivity index (χ3v) is 6.45. The molecule has 1 saturated heterocycles. The van der Waals surface area contributed by atoms with E-state index in [0.717, 1.165) is 17.7 Å². The molecule has 0 aliphatic carbocycles. The Balaban J connectivity index is 1.19. The summed E-state index contributed by atoms with van der Waals surface area (Å²) in [5.74, 6) is -3.01. The predicted octanol–water partition coefficient (Wildman–Crippen LogP) is -0.00750. The Kier molecular flexibility index (Phi) is 14.7. The molecule has 1 atom stereocenters. The number of hydrogen-bond donors (Lipinski definition) is 2. The van der Waals surface area contributed by atoms with Crippen LogP contribution >= 0.6 is 0 Å². The molecule has 0 saturated carbocycles. The maximum atomic E-state index is 12.9. The number of amides is 5. The highest BCUT2D eigenvalue weighted by atomic mass is 16.6. The standard InChI is InChI=1S/C29H39N3O12/c1-2-3-9-43-26(35)19-42-16-15-41-14-13-40-12-11-39-10-8-30-25(34)18-44-20-4-5-21-22(17-20)29(38)32(28(21)37)23-6-7-24(33)31-27(23)36/h4-5,17,23H,2-3,6-16,18-19H2,1H3,(H,30,34)(H,31,33,36). The topological polar surface area (TPSA) is 185 Å². The summed E-state index contributed by atoms with van der Waals surface area (Å²) in [5.41, 5.74) is 0.179. The first-order chi connectivity index (χ1) is 21.3. The molecule has 242 valence electrons. The summed E-state index contributed by atoms with van der Waals surface area (Å²) in [5, 5.41) is 4.79. The van der Waals surface area contributed by atoms with Gasteiger partial charge in [-0.05, 0) is 31.0 Å². The summed E-state index contributed by atoms with van der Waals surface area (Å²) in [7, 11) is 0. The monoisotopic (exact) mass is 621 g/mol. The third kappa shape index (κ3) is 11.0. The number of esters is 1. The number of hydrogen-bond acceptors (Lipinski definition) is 12. The van der Waals surface area contributed by atoms with E-state index in [1.165, 1.54) is 18.2 Å². The highest BCUT2D eigenvalue weighted by Gasteiger charge is 2.44. The average Bonchev–Trinajstić information content (AvgIpc) is 3.25. The van der Waals surface area contributed by atoms with E-state index in [0.29, 0.717) is 39.6 Å². The minimum Gasteiger partial charge on any atom is -0.484 e. The maximum absolute atomic E-state index is 12.9. The van der Waals surface area contributed by atoms with Gasteiger partial charge in [-0.2, -0.15) is 0 Å². The third-order valence-electron chi connectivity index (χ3n) is 6.45. The summed E-state index contributed by atoms with van der Waals surface area (Å²) >= 11 is 0. The Morgan fingerprint density at radius 3 is 2.20 bits per heavy atom. The van der Waals surface area contributed by atoms with Crippen LogP contribution in [0.4, 0.5) is 0 Å². The molecule has 0 spiro atoms. The molecule has 2 heterocycles. The van der Waals surface area contributed by atoms with E-state index < -0.39 is 35.6 Å². The summed E-state index contributed by atoms with van der Waals surface area (Å²) in [6.45, 7) is 4.53. The lowest BCUT2D eigenvalue weighted by molar-refractivity contribution is -0.149. The van der Waals surface area contributed by atoms with Gasteiger partial charge in [0.05, 0.1) is 64.0 Å². The molecule has 5 amide bonds. The second-order valence-corrected chi connectivity index (χ2v) is 9.76. The van der Waals surface area contributed by atoms with Gasteiger partial charge in [0.1, 0.15) is 18.4 Å². The van der Waals surface area contributed by atoms with Crippen molar-refractivity contribution in [3.63, 3.8) is 0 Å². The van der Waals surface area contributed by atoms with Crippen molar-refractivity contribution in [3.8, 4) is 5.75 Å². The Bertz CT molecular complexity index is 1170. The van der Waals surface area contributed by atoms with Crippen LogP contribution in [0.5, 0.6) is 5.75 Å². The van der Waals surface area contributed by atoms with Crippen LogP contribution in [-0.2, 0) is 42.9 Å². The molecule has 2 aliphatic rings. The fraction of sp³-hybridized carbons (Fsp3) is 0.586. The molecule has 0 aromatic heterocycles. The van der Waals surface area contributed by atoms with Crippen LogP contribution in [0.2, 0.25) is 0 Å². The van der Waals surface area contributed by atoms with Crippen molar-refractivity contribution in [1.82, 2.24) is 15.5 Å². The maximum Gasteiger partial charge on any atom is 0.332 e. The number of carbonyl (C=O) groups excluding carboxylic acids is 6. The molecule has 3 rings (SSSR count). The van der Waals surface area contributed by atoms with Crippen molar-refractivity contribution in [2.75, 3.05) is 72.6 Å². The first kappa shape index (κ1) is 34.6. The van der Waals surface area contributed by atoms with Crippen molar-refractivity contribution in [1.29, 1.82) is 0 Å². The molecular weight excluding hydrogens is 582 g/mol. The summed E-state index contributed by atoms with van der Waals surface area (Å²) in [6.07, 6.45) is 1.88. The van der Waals surface area contributed by atoms with Gasteiger partial charge in [-0.15, -0.1) is 0 Å². The molecule has 44 heavy (non-hydrogen) atoms. The minimum absolute atomic E-state index is 0.0287. The highest BCUT2D eigenvalue weighted by molar-refractivity contribution is 6.23. The zero-order valence-electron chi connectivity index (χ0n) is 24.8. The Morgan fingerprint density at radius 2 is 1.52 bits per heavy atom. The Labute approximate surface area is 254 Å². The van der Waals surface area contributed by atoms with Crippen molar-refractivity contribution in [3.05, 3.63) is 29.3 Å². The largest absolute Gasteiger partial charge is 0.484 e. The molecule has 2 aliphatic heterocycles. The van der Waals surface area contributed by atoms with E-state index in [2.05, 4.69) is 10.6 Å². The Hall–Kier alpha value is -3.92. The number of imide groups is 2. The molecule has 15 heteroatoms. The van der Waals surface area contributed by atoms with Gasteiger partial charge in [0.15, 0.2) is 6.61 Å². The van der Waals surface area contributed by atoms with Gasteiger partial charge in [-0.3, -0.25) is 34.2 Å². The van der Waals surface area contributed by atoms with Gasteiger partial charge in [-0.25, -0.2) is 4.79 Å². The van der Waals surface area contributed by atoms with E-state index in [9.17, 15) is 28.8 Å². The first-order valence-electron chi connectivity index (χ1n) is 14.5. The van der Waals surface area contributed by atoms with E-state index in [-0.39, 0.29) is 68.7 Å². The highest BCUT2D eigenvalue weighted by Crippen LogP contribution is 2.30. The summed E-state index contributed by atoms with van der Waals surface area (Å²) < 4.78 is 31.8. The fourth-order valence-corrected chi connectivity index (χ4v) is 4.19. The average molecular weight is 622 g/mol. The number of carbonyl (C=O) groups is 6. The smallest absolute Gasteiger partial charge is 0.332 e. The fourth-order valence-electron chi connectivity index (χ4n) is 4.19. The lowest BCUT2D eigenvalue weighted by Gasteiger charge is -2.27. The van der Waals surface area contributed by atoms with Crippen LogP contribution in [-0.4, -0.2) is 119 Å². The van der Waals surface area contributed by atoms with Crippen molar-refractivity contribution >= 4 is 35.5 Å². The van der Waals surface area contributed by atoms with E-state index in [1.807, 2.05) is 6.92 Å². The number of fused-ring (bicyclic) bond motifs is 1. The first-order valence-corrected chi connectivity index (χ1v) is 14.5.